The summed E-state index contributed by atoms with van der Waals surface area (Å²) in [5.74, 6) is 0. The minimum atomic E-state index is -3.79. The minimum absolute atomic E-state index is 0.0940. The molecular formula is C20H17Cl2N3O2S2. The third kappa shape index (κ3) is 6.08. The Kier molecular flexibility index (Phi) is 6.64. The molecule has 3 aromatic carbocycles. The van der Waals surface area contributed by atoms with Crippen LogP contribution in [0.2, 0.25) is 10.0 Å². The summed E-state index contributed by atoms with van der Waals surface area (Å²) in [5.41, 5.74) is 2.95. The first-order valence-corrected chi connectivity index (χ1v) is 11.1. The van der Waals surface area contributed by atoms with Crippen molar-refractivity contribution in [2.24, 2.45) is 0 Å². The summed E-state index contributed by atoms with van der Waals surface area (Å²) in [5, 5.41) is 7.16. The number of sulfonamides is 1. The third-order valence-electron chi connectivity index (χ3n) is 3.85. The fourth-order valence-electron chi connectivity index (χ4n) is 2.47. The van der Waals surface area contributed by atoms with E-state index in [4.69, 9.17) is 35.4 Å². The molecule has 0 aliphatic heterocycles. The van der Waals surface area contributed by atoms with E-state index in [0.717, 1.165) is 11.3 Å². The molecule has 3 N–H and O–H groups in total. The lowest BCUT2D eigenvalue weighted by atomic mass is 10.2. The Bertz CT molecular complexity index is 1110. The summed E-state index contributed by atoms with van der Waals surface area (Å²) in [6.45, 7) is 2.01. The van der Waals surface area contributed by atoms with Gasteiger partial charge in [-0.2, -0.15) is 0 Å². The monoisotopic (exact) mass is 465 g/mol. The molecule has 0 atom stereocenters. The summed E-state index contributed by atoms with van der Waals surface area (Å²) in [6, 6.07) is 18.5. The summed E-state index contributed by atoms with van der Waals surface area (Å²) in [6.07, 6.45) is 0. The Morgan fingerprint density at radius 2 is 1.28 bits per heavy atom. The van der Waals surface area contributed by atoms with Gasteiger partial charge in [-0.25, -0.2) is 8.42 Å². The van der Waals surface area contributed by atoms with Gasteiger partial charge in [-0.15, -0.1) is 0 Å². The lowest BCUT2D eigenvalue weighted by molar-refractivity contribution is 0.601. The maximum Gasteiger partial charge on any atom is 0.261 e. The van der Waals surface area contributed by atoms with Gasteiger partial charge in [0.25, 0.3) is 10.0 Å². The molecule has 0 aromatic heterocycles. The van der Waals surface area contributed by atoms with Crippen molar-refractivity contribution in [2.75, 3.05) is 15.4 Å². The van der Waals surface area contributed by atoms with Gasteiger partial charge in [0.1, 0.15) is 0 Å². The first-order chi connectivity index (χ1) is 13.7. The van der Waals surface area contributed by atoms with Crippen LogP contribution in [-0.2, 0) is 10.0 Å². The van der Waals surface area contributed by atoms with Crippen molar-refractivity contribution >= 4 is 67.6 Å². The zero-order chi connectivity index (χ0) is 21.0. The highest BCUT2D eigenvalue weighted by atomic mass is 35.5. The van der Waals surface area contributed by atoms with Crippen LogP contribution in [0.4, 0.5) is 17.1 Å². The Morgan fingerprint density at radius 1 is 0.793 bits per heavy atom. The van der Waals surface area contributed by atoms with Crippen molar-refractivity contribution in [2.45, 2.75) is 11.8 Å². The van der Waals surface area contributed by atoms with E-state index in [1.807, 2.05) is 31.2 Å². The zero-order valence-electron chi connectivity index (χ0n) is 15.2. The molecule has 0 radical (unpaired) electrons. The minimum Gasteiger partial charge on any atom is -0.332 e. The quantitative estimate of drug-likeness (QED) is 0.408. The summed E-state index contributed by atoms with van der Waals surface area (Å²) in [4.78, 5) is 0.0940. The lowest BCUT2D eigenvalue weighted by Gasteiger charge is -2.12. The molecule has 0 aliphatic rings. The third-order valence-corrected chi connectivity index (χ3v) is 5.88. The van der Waals surface area contributed by atoms with Crippen LogP contribution in [0.1, 0.15) is 5.56 Å². The molecule has 150 valence electrons. The molecule has 29 heavy (non-hydrogen) atoms. The summed E-state index contributed by atoms with van der Waals surface area (Å²) in [7, 11) is -3.79. The first-order valence-electron chi connectivity index (χ1n) is 8.45. The molecular weight excluding hydrogens is 449 g/mol. The van der Waals surface area contributed by atoms with Crippen LogP contribution in [-0.4, -0.2) is 13.5 Å². The molecule has 0 spiro atoms. The highest BCUT2D eigenvalue weighted by Crippen LogP contribution is 2.25. The topological polar surface area (TPSA) is 70.2 Å². The van der Waals surface area contributed by atoms with Crippen LogP contribution in [0.25, 0.3) is 0 Å². The molecule has 0 bridgehead atoms. The van der Waals surface area contributed by atoms with Crippen LogP contribution in [0, 0.1) is 6.92 Å². The van der Waals surface area contributed by atoms with Gasteiger partial charge in [-0.3, -0.25) is 4.72 Å². The van der Waals surface area contributed by atoms with Crippen LogP contribution in [0.15, 0.2) is 71.6 Å². The number of rotatable bonds is 5. The largest absolute Gasteiger partial charge is 0.332 e. The van der Waals surface area contributed by atoms with E-state index in [9.17, 15) is 8.42 Å². The second kappa shape index (κ2) is 9.00. The van der Waals surface area contributed by atoms with Gasteiger partial charge in [-0.1, -0.05) is 40.9 Å². The van der Waals surface area contributed by atoms with Crippen LogP contribution in [0.5, 0.6) is 0 Å². The number of aryl methyl sites for hydroxylation is 1. The number of thiocarbonyl (C=S) groups is 1. The molecule has 9 heteroatoms. The van der Waals surface area contributed by atoms with Crippen LogP contribution < -0.4 is 15.4 Å². The molecule has 0 amide bonds. The molecule has 3 aromatic rings. The second-order valence-corrected chi connectivity index (χ2v) is 9.20. The highest BCUT2D eigenvalue weighted by molar-refractivity contribution is 7.92. The highest BCUT2D eigenvalue weighted by Gasteiger charge is 2.15. The van der Waals surface area contributed by atoms with E-state index in [0.29, 0.717) is 20.8 Å². The molecule has 0 fully saturated rings. The number of anilines is 3. The summed E-state index contributed by atoms with van der Waals surface area (Å²) < 4.78 is 27.6. The predicted octanol–water partition coefficient (Wildman–Crippen LogP) is 5.91. The molecule has 0 aliphatic carbocycles. The average molecular weight is 466 g/mol. The number of benzene rings is 3. The van der Waals surface area contributed by atoms with Gasteiger partial charge in [0.05, 0.1) is 10.6 Å². The van der Waals surface area contributed by atoms with E-state index in [1.165, 1.54) is 30.3 Å². The Labute approximate surface area is 185 Å². The van der Waals surface area contributed by atoms with Gasteiger partial charge in [-0.05, 0) is 73.7 Å². The van der Waals surface area contributed by atoms with E-state index in [1.54, 1.807) is 12.1 Å². The van der Waals surface area contributed by atoms with E-state index >= 15 is 0 Å². The number of hydrogen-bond donors (Lipinski definition) is 3. The van der Waals surface area contributed by atoms with E-state index in [2.05, 4.69) is 15.4 Å². The van der Waals surface area contributed by atoms with Gasteiger partial charge < -0.3 is 10.6 Å². The molecule has 0 unspecified atom stereocenters. The summed E-state index contributed by atoms with van der Waals surface area (Å²) >= 11 is 17.1. The molecule has 0 saturated carbocycles. The van der Waals surface area contributed by atoms with Gasteiger partial charge >= 0.3 is 0 Å². The Balaban J connectivity index is 1.67. The van der Waals surface area contributed by atoms with Crippen molar-refractivity contribution in [3.8, 4) is 0 Å². The fraction of sp³-hybridized carbons (Fsp3) is 0.0500. The molecule has 0 saturated heterocycles. The number of nitrogens with one attached hydrogen (secondary N) is 3. The van der Waals surface area contributed by atoms with Crippen molar-refractivity contribution < 1.29 is 8.42 Å². The normalized spacial score (nSPS) is 11.0. The molecule has 0 heterocycles. The van der Waals surface area contributed by atoms with Crippen LogP contribution in [0.3, 0.4) is 0 Å². The molecule has 5 nitrogen and oxygen atoms in total. The van der Waals surface area contributed by atoms with Crippen molar-refractivity contribution in [1.82, 2.24) is 0 Å². The second-order valence-electron chi connectivity index (χ2n) is 6.23. The SMILES string of the molecule is Cc1ccc(NC(=S)Nc2ccc(S(=O)(=O)Nc3cc(Cl)cc(Cl)c3)cc2)cc1. The fourth-order valence-corrected chi connectivity index (χ4v) is 4.28. The van der Waals surface area contributed by atoms with Crippen molar-refractivity contribution in [3.63, 3.8) is 0 Å². The lowest BCUT2D eigenvalue weighted by Crippen LogP contribution is -2.19. The maximum atomic E-state index is 12.6. The average Bonchev–Trinajstić information content (AvgIpc) is 2.63. The first kappa shape index (κ1) is 21.4. The smallest absolute Gasteiger partial charge is 0.261 e. The van der Waals surface area contributed by atoms with E-state index in [-0.39, 0.29) is 10.6 Å². The van der Waals surface area contributed by atoms with Crippen molar-refractivity contribution in [1.29, 1.82) is 0 Å². The van der Waals surface area contributed by atoms with Gasteiger partial charge in [0.15, 0.2) is 5.11 Å². The molecule has 3 rings (SSSR count). The van der Waals surface area contributed by atoms with Crippen LogP contribution >= 0.6 is 35.4 Å². The van der Waals surface area contributed by atoms with Gasteiger partial charge in [0.2, 0.25) is 0 Å². The standard InChI is InChI=1S/C20H17Cl2N3O2S2/c1-13-2-4-16(5-3-13)23-20(28)24-17-6-8-19(9-7-17)29(26,27)25-18-11-14(21)10-15(22)12-18/h2-12,25H,1H3,(H2,23,24,28). The Hall–Kier alpha value is -2.32. The number of hydrogen-bond acceptors (Lipinski definition) is 3. The number of halogens is 2. The van der Waals surface area contributed by atoms with Crippen molar-refractivity contribution in [3.05, 3.63) is 82.3 Å². The van der Waals surface area contributed by atoms with E-state index < -0.39 is 10.0 Å². The van der Waals surface area contributed by atoms with Gasteiger partial charge in [0, 0.05) is 21.4 Å². The maximum absolute atomic E-state index is 12.6. The zero-order valence-corrected chi connectivity index (χ0v) is 18.4. The predicted molar refractivity (Wildman–Crippen MR) is 125 cm³/mol. The Morgan fingerprint density at radius 3 is 1.79 bits per heavy atom.